The molecule has 0 saturated heterocycles. The maximum absolute atomic E-state index is 12.5. The van der Waals surface area contributed by atoms with E-state index in [1.54, 1.807) is 35.1 Å². The predicted octanol–water partition coefficient (Wildman–Crippen LogP) is 2.10. The summed E-state index contributed by atoms with van der Waals surface area (Å²) in [4.78, 5) is 28.3. The SMILES string of the molecule is CC1CCC(NC(=O)c2ccc3nccn3c2)(C(=O)O)CC1. The minimum atomic E-state index is -1.15. The van der Waals surface area contributed by atoms with Crippen molar-refractivity contribution in [1.29, 1.82) is 0 Å². The van der Waals surface area contributed by atoms with E-state index in [0.717, 1.165) is 18.5 Å². The molecule has 1 aliphatic carbocycles. The monoisotopic (exact) mass is 301 g/mol. The van der Waals surface area contributed by atoms with Gasteiger partial charge in [0.2, 0.25) is 0 Å². The first kappa shape index (κ1) is 14.6. The van der Waals surface area contributed by atoms with Gasteiger partial charge >= 0.3 is 5.97 Å². The van der Waals surface area contributed by atoms with Gasteiger partial charge in [0, 0.05) is 18.6 Å². The molecule has 3 rings (SSSR count). The van der Waals surface area contributed by atoms with Crippen molar-refractivity contribution in [3.8, 4) is 0 Å². The molecule has 6 heteroatoms. The molecular weight excluding hydrogens is 282 g/mol. The Morgan fingerprint density at radius 2 is 2.09 bits per heavy atom. The van der Waals surface area contributed by atoms with Gasteiger partial charge in [0.05, 0.1) is 5.56 Å². The molecule has 0 aromatic carbocycles. The van der Waals surface area contributed by atoms with Crippen molar-refractivity contribution >= 4 is 17.5 Å². The molecular formula is C16H19N3O3. The quantitative estimate of drug-likeness (QED) is 0.909. The van der Waals surface area contributed by atoms with Gasteiger partial charge in [-0.1, -0.05) is 6.92 Å². The van der Waals surface area contributed by atoms with Gasteiger partial charge in [0.1, 0.15) is 11.2 Å². The molecule has 2 heterocycles. The number of imidazole rings is 1. The molecule has 0 unspecified atom stereocenters. The number of carboxylic acid groups (broad SMARTS) is 1. The number of carbonyl (C=O) groups is 2. The largest absolute Gasteiger partial charge is 0.480 e. The number of hydrogen-bond acceptors (Lipinski definition) is 3. The van der Waals surface area contributed by atoms with Crippen LogP contribution in [0.5, 0.6) is 0 Å². The van der Waals surface area contributed by atoms with E-state index in [1.807, 2.05) is 0 Å². The van der Waals surface area contributed by atoms with Crippen molar-refractivity contribution in [3.63, 3.8) is 0 Å². The molecule has 0 atom stereocenters. The van der Waals surface area contributed by atoms with Gasteiger partial charge in [-0.3, -0.25) is 4.79 Å². The molecule has 0 aliphatic heterocycles. The maximum atomic E-state index is 12.5. The number of fused-ring (bicyclic) bond motifs is 1. The third kappa shape index (κ3) is 2.56. The smallest absolute Gasteiger partial charge is 0.329 e. The summed E-state index contributed by atoms with van der Waals surface area (Å²) in [6.07, 6.45) is 7.64. The summed E-state index contributed by atoms with van der Waals surface area (Å²) in [5, 5.41) is 12.3. The Balaban J connectivity index is 1.83. The second-order valence-electron chi connectivity index (χ2n) is 6.13. The lowest BCUT2D eigenvalue weighted by Crippen LogP contribution is -2.56. The van der Waals surface area contributed by atoms with Crippen LogP contribution in [0, 0.1) is 5.92 Å². The van der Waals surface area contributed by atoms with E-state index < -0.39 is 11.5 Å². The summed E-state index contributed by atoms with van der Waals surface area (Å²) in [5.41, 5.74) is 0.0359. The fourth-order valence-corrected chi connectivity index (χ4v) is 2.99. The average Bonchev–Trinajstić information content (AvgIpc) is 2.97. The predicted molar refractivity (Wildman–Crippen MR) is 80.7 cm³/mol. The van der Waals surface area contributed by atoms with Gasteiger partial charge in [-0.2, -0.15) is 0 Å². The fraction of sp³-hybridized carbons (Fsp3) is 0.438. The Bertz CT molecular complexity index is 714. The van der Waals surface area contributed by atoms with Gasteiger partial charge in [0.25, 0.3) is 5.91 Å². The summed E-state index contributed by atoms with van der Waals surface area (Å²) < 4.78 is 1.74. The standard InChI is InChI=1S/C16H19N3O3/c1-11-4-6-16(7-5-11,15(21)22)18-14(20)12-2-3-13-17-8-9-19(13)10-12/h2-3,8-11H,4-7H2,1H3,(H,18,20)(H,21,22). The molecule has 2 aromatic heterocycles. The van der Waals surface area contributed by atoms with E-state index in [-0.39, 0.29) is 5.91 Å². The molecule has 0 radical (unpaired) electrons. The van der Waals surface area contributed by atoms with Crippen LogP contribution < -0.4 is 5.32 Å². The third-order valence-corrected chi connectivity index (χ3v) is 4.54. The second-order valence-corrected chi connectivity index (χ2v) is 6.13. The normalized spacial score (nSPS) is 25.0. The van der Waals surface area contributed by atoms with Crippen LogP contribution in [0.4, 0.5) is 0 Å². The zero-order valence-electron chi connectivity index (χ0n) is 12.5. The van der Waals surface area contributed by atoms with Crippen LogP contribution in [-0.4, -0.2) is 31.9 Å². The van der Waals surface area contributed by atoms with Crippen molar-refractivity contribution in [1.82, 2.24) is 14.7 Å². The molecule has 1 saturated carbocycles. The van der Waals surface area contributed by atoms with Gasteiger partial charge < -0.3 is 14.8 Å². The van der Waals surface area contributed by atoms with E-state index in [0.29, 0.717) is 24.3 Å². The molecule has 2 aromatic rings. The Kier molecular flexibility index (Phi) is 3.60. The van der Waals surface area contributed by atoms with Gasteiger partial charge in [-0.25, -0.2) is 9.78 Å². The fourth-order valence-electron chi connectivity index (χ4n) is 2.99. The Hall–Kier alpha value is -2.37. The summed E-state index contributed by atoms with van der Waals surface area (Å²) >= 11 is 0. The minimum Gasteiger partial charge on any atom is -0.480 e. The first-order valence-corrected chi connectivity index (χ1v) is 7.49. The van der Waals surface area contributed by atoms with Crippen molar-refractivity contribution in [2.75, 3.05) is 0 Å². The summed E-state index contributed by atoms with van der Waals surface area (Å²) in [6.45, 7) is 2.11. The molecule has 1 fully saturated rings. The van der Waals surface area contributed by atoms with Crippen molar-refractivity contribution in [2.45, 2.75) is 38.1 Å². The van der Waals surface area contributed by atoms with Crippen LogP contribution in [-0.2, 0) is 4.79 Å². The zero-order valence-corrected chi connectivity index (χ0v) is 12.5. The number of nitrogens with zero attached hydrogens (tertiary/aromatic N) is 2. The molecule has 0 bridgehead atoms. The number of rotatable bonds is 3. The Labute approximate surface area is 128 Å². The number of amides is 1. The van der Waals surface area contributed by atoms with Gasteiger partial charge in [-0.05, 0) is 43.7 Å². The lowest BCUT2D eigenvalue weighted by atomic mass is 9.77. The molecule has 116 valence electrons. The van der Waals surface area contributed by atoms with Crippen LogP contribution in [0.3, 0.4) is 0 Å². The van der Waals surface area contributed by atoms with Crippen LogP contribution >= 0.6 is 0 Å². The van der Waals surface area contributed by atoms with Crippen LogP contribution in [0.25, 0.3) is 5.65 Å². The van der Waals surface area contributed by atoms with Gasteiger partial charge in [-0.15, -0.1) is 0 Å². The van der Waals surface area contributed by atoms with Gasteiger partial charge in [0.15, 0.2) is 0 Å². The summed E-state index contributed by atoms with van der Waals surface area (Å²) in [6, 6.07) is 3.41. The highest BCUT2D eigenvalue weighted by Gasteiger charge is 2.42. The van der Waals surface area contributed by atoms with Crippen LogP contribution in [0.15, 0.2) is 30.7 Å². The number of hydrogen-bond donors (Lipinski definition) is 2. The molecule has 6 nitrogen and oxygen atoms in total. The molecule has 22 heavy (non-hydrogen) atoms. The Morgan fingerprint density at radius 3 is 2.77 bits per heavy atom. The highest BCUT2D eigenvalue weighted by atomic mass is 16.4. The minimum absolute atomic E-state index is 0.354. The first-order valence-electron chi connectivity index (χ1n) is 7.49. The highest BCUT2D eigenvalue weighted by molar-refractivity contribution is 5.97. The number of carboxylic acids is 1. The van der Waals surface area contributed by atoms with Crippen molar-refractivity contribution < 1.29 is 14.7 Å². The number of nitrogens with one attached hydrogen (secondary N) is 1. The maximum Gasteiger partial charge on any atom is 0.329 e. The third-order valence-electron chi connectivity index (χ3n) is 4.54. The lowest BCUT2D eigenvalue weighted by molar-refractivity contribution is -0.146. The number of aromatic nitrogens is 2. The Morgan fingerprint density at radius 1 is 1.36 bits per heavy atom. The highest BCUT2D eigenvalue weighted by Crippen LogP contribution is 2.32. The number of pyridine rings is 1. The van der Waals surface area contributed by atoms with E-state index in [2.05, 4.69) is 17.2 Å². The summed E-state index contributed by atoms with van der Waals surface area (Å²) in [5.74, 6) is -0.796. The van der Waals surface area contributed by atoms with E-state index in [1.165, 1.54) is 0 Å². The lowest BCUT2D eigenvalue weighted by Gasteiger charge is -2.36. The molecule has 0 spiro atoms. The van der Waals surface area contributed by atoms with Crippen molar-refractivity contribution in [2.24, 2.45) is 5.92 Å². The van der Waals surface area contributed by atoms with E-state index >= 15 is 0 Å². The molecule has 2 N–H and O–H groups in total. The number of carbonyl (C=O) groups excluding carboxylic acids is 1. The van der Waals surface area contributed by atoms with Crippen LogP contribution in [0.1, 0.15) is 43.0 Å². The number of aliphatic carboxylic acids is 1. The second kappa shape index (κ2) is 5.44. The molecule has 1 aliphatic rings. The van der Waals surface area contributed by atoms with E-state index in [4.69, 9.17) is 0 Å². The van der Waals surface area contributed by atoms with Crippen molar-refractivity contribution in [3.05, 3.63) is 36.3 Å². The average molecular weight is 301 g/mol. The summed E-state index contributed by atoms with van der Waals surface area (Å²) in [7, 11) is 0. The van der Waals surface area contributed by atoms with E-state index in [9.17, 15) is 14.7 Å². The zero-order chi connectivity index (χ0) is 15.7. The topological polar surface area (TPSA) is 83.7 Å². The molecule has 1 amide bonds. The first-order chi connectivity index (χ1) is 10.5. The van der Waals surface area contributed by atoms with Crippen LogP contribution in [0.2, 0.25) is 0 Å².